The standard InChI is InChI=1S/Ca.2La.2Mn.H2O.Sr.4H/h;;;;;1H2;;;;;. The van der Waals surface area contributed by atoms with Crippen molar-refractivity contribution in [1.82, 2.24) is 0 Å². The van der Waals surface area contributed by atoms with Gasteiger partial charge in [0.2, 0.25) is 0 Å². The molecule has 2 N–H and O–H groups in total. The minimum atomic E-state index is 0. The molecule has 0 rings (SSSR count). The van der Waals surface area contributed by atoms with E-state index in [2.05, 4.69) is 0 Å². The first-order chi connectivity index (χ1) is 0. The predicted molar refractivity (Wildman–Crippen MR) is 20.7 cm³/mol. The molecule has 0 atom stereocenters. The molecule has 0 unspecified atom stereocenters. The summed E-state index contributed by atoms with van der Waals surface area (Å²) in [5, 5.41) is 0. The molecule has 7 heteroatoms. The van der Waals surface area contributed by atoms with E-state index in [4.69, 9.17) is 0 Å². The zero-order chi connectivity index (χ0) is 0. The van der Waals surface area contributed by atoms with Gasteiger partial charge in [-0.25, -0.2) is 0 Å². The Balaban J connectivity index is 0. The van der Waals surface area contributed by atoms with Gasteiger partial charge in [-0.15, -0.1) is 0 Å². The molecular formula is H6CaLa2Mn2OSr. The van der Waals surface area contributed by atoms with Crippen LogP contribution in [0.25, 0.3) is 0 Å². The first-order valence-corrected chi connectivity index (χ1v) is 0. The van der Waals surface area contributed by atoms with Gasteiger partial charge in [-0.2, -0.15) is 0 Å². The molecule has 0 aromatic heterocycles. The topological polar surface area (TPSA) is 31.5 Å². The number of rotatable bonds is 0. The van der Waals surface area contributed by atoms with Crippen molar-refractivity contribution in [2.75, 3.05) is 0 Å². The monoisotopic (exact) mass is 538 g/mol. The van der Waals surface area contributed by atoms with E-state index in [1.54, 1.807) is 0 Å². The van der Waals surface area contributed by atoms with E-state index in [-0.39, 0.29) is 194 Å². The summed E-state index contributed by atoms with van der Waals surface area (Å²) in [4.78, 5) is 0. The van der Waals surface area contributed by atoms with Gasteiger partial charge in [0.15, 0.2) is 0 Å². The Hall–Kier alpha value is 6.13. The maximum atomic E-state index is 0. The second-order valence-corrected chi connectivity index (χ2v) is 0. The molecule has 0 bridgehead atoms. The van der Waals surface area contributed by atoms with Crippen LogP contribution in [0.15, 0.2) is 0 Å². The first-order valence-electron chi connectivity index (χ1n) is 0. The Morgan fingerprint density at radius 2 is 0.714 bits per heavy atom. The molecule has 0 amide bonds. The summed E-state index contributed by atoms with van der Waals surface area (Å²) in [5.41, 5.74) is 0. The van der Waals surface area contributed by atoms with Crippen LogP contribution < -0.4 is 0 Å². The quantitative estimate of drug-likeness (QED) is 0.303. The van der Waals surface area contributed by atoms with Crippen molar-refractivity contribution in [3.05, 3.63) is 0 Å². The third-order valence-corrected chi connectivity index (χ3v) is 0. The van der Waals surface area contributed by atoms with Crippen LogP contribution in [-0.4, -0.2) is 88.7 Å². The zero-order valence-corrected chi connectivity index (χ0v) is 12.0. The first kappa shape index (κ1) is 51.4. The van der Waals surface area contributed by atoms with Crippen LogP contribution in [0.1, 0.15) is 0 Å². The number of hydrogen-bond donors (Lipinski definition) is 0. The fourth-order valence-electron chi connectivity index (χ4n) is 0. The van der Waals surface area contributed by atoms with Crippen molar-refractivity contribution in [3.63, 3.8) is 0 Å². The molecule has 4 radical (unpaired) electrons. The molecule has 0 aromatic carbocycles. The van der Waals surface area contributed by atoms with Crippen LogP contribution in [0.2, 0.25) is 0 Å². The van der Waals surface area contributed by atoms with Crippen LogP contribution in [0.4, 0.5) is 0 Å². The summed E-state index contributed by atoms with van der Waals surface area (Å²) in [6.07, 6.45) is 0. The summed E-state index contributed by atoms with van der Waals surface area (Å²) < 4.78 is 0. The summed E-state index contributed by atoms with van der Waals surface area (Å²) in [5.74, 6) is 0. The Labute approximate surface area is 188 Å². The van der Waals surface area contributed by atoms with Crippen molar-refractivity contribution in [2.24, 2.45) is 0 Å². The van der Waals surface area contributed by atoms with Gasteiger partial charge in [-0.05, 0) is 0 Å². The Morgan fingerprint density at radius 1 is 0.714 bits per heavy atom. The van der Waals surface area contributed by atoms with Crippen LogP contribution >= 0.6 is 0 Å². The van der Waals surface area contributed by atoms with Crippen LogP contribution in [0.5, 0.6) is 0 Å². The summed E-state index contributed by atoms with van der Waals surface area (Å²) in [6.45, 7) is 0. The Morgan fingerprint density at radius 3 is 0.714 bits per heavy atom. The predicted octanol–water partition coefficient (Wildman–Crippen LogP) is -2.66. The third-order valence-electron chi connectivity index (χ3n) is 0. The number of hydrogen-bond acceptors (Lipinski definition) is 0. The van der Waals surface area contributed by atoms with Crippen LogP contribution in [-0.2, 0) is 34.1 Å². The average Bonchev–Trinajstić information content (AvgIpc) is 0. The van der Waals surface area contributed by atoms with Gasteiger partial charge in [0, 0.05) is 105 Å². The molecule has 0 aliphatic rings. The molecule has 7 heavy (non-hydrogen) atoms. The molecule has 0 aromatic rings. The molecule has 0 saturated heterocycles. The van der Waals surface area contributed by atoms with E-state index >= 15 is 0 Å². The molecule has 0 fully saturated rings. The molecule has 0 aliphatic carbocycles. The Bertz CT molecular complexity index is 15.7. The summed E-state index contributed by atoms with van der Waals surface area (Å²) in [6, 6.07) is 0. The van der Waals surface area contributed by atoms with E-state index in [9.17, 15) is 0 Å². The Kier molecular flexibility index (Phi) is 294. The van der Waals surface area contributed by atoms with Gasteiger partial charge in [0.1, 0.15) is 0 Å². The van der Waals surface area contributed by atoms with Crippen LogP contribution in [0, 0.1) is 71.2 Å². The van der Waals surface area contributed by atoms with E-state index in [1.165, 1.54) is 0 Å². The van der Waals surface area contributed by atoms with Crippen molar-refractivity contribution in [1.29, 1.82) is 0 Å². The molecule has 0 saturated carbocycles. The normalized spacial score (nSPS) is 0. The maximum absolute atomic E-state index is 0. The van der Waals surface area contributed by atoms with Gasteiger partial charge in [0.25, 0.3) is 0 Å². The minimum absolute atomic E-state index is 0. The second-order valence-electron chi connectivity index (χ2n) is 0. The van der Waals surface area contributed by atoms with Gasteiger partial charge in [-0.3, -0.25) is 0 Å². The fourth-order valence-corrected chi connectivity index (χ4v) is 0. The average molecular weight is 537 g/mol. The van der Waals surface area contributed by atoms with E-state index < -0.39 is 0 Å². The van der Waals surface area contributed by atoms with E-state index in [1.807, 2.05) is 0 Å². The van der Waals surface area contributed by atoms with E-state index in [0.29, 0.717) is 0 Å². The molecule has 0 aliphatic heterocycles. The van der Waals surface area contributed by atoms with Gasteiger partial charge in [0.05, 0.1) is 0 Å². The molecule has 0 spiro atoms. The van der Waals surface area contributed by atoms with Crippen molar-refractivity contribution < 1.29 is 111 Å². The fraction of sp³-hybridized carbons (Fsp3) is 0. The van der Waals surface area contributed by atoms with Crippen molar-refractivity contribution >= 4 is 83.2 Å². The van der Waals surface area contributed by atoms with Gasteiger partial charge in [-0.1, -0.05) is 0 Å². The SMILES string of the molecule is O.[CaH2].[La].[La].[Mn].[Mn].[SrH2]. The van der Waals surface area contributed by atoms with Crippen molar-refractivity contribution in [3.8, 4) is 0 Å². The summed E-state index contributed by atoms with van der Waals surface area (Å²) in [7, 11) is 0. The molecule has 1 nitrogen and oxygen atoms in total. The third kappa shape index (κ3) is 33.1. The van der Waals surface area contributed by atoms with Gasteiger partial charge >= 0.3 is 83.2 Å². The van der Waals surface area contributed by atoms with Crippen LogP contribution in [0.3, 0.4) is 0 Å². The second kappa shape index (κ2) is 40.0. The zero-order valence-electron chi connectivity index (χ0n) is 2.41. The van der Waals surface area contributed by atoms with Gasteiger partial charge < -0.3 is 5.48 Å². The van der Waals surface area contributed by atoms with E-state index in [0.717, 1.165) is 0 Å². The molecule has 36 valence electrons. The molecular weight excluding hydrogens is 531 g/mol. The summed E-state index contributed by atoms with van der Waals surface area (Å²) >= 11 is 0. The van der Waals surface area contributed by atoms with Crippen molar-refractivity contribution in [2.45, 2.75) is 0 Å². The molecule has 0 heterocycles.